The van der Waals surface area contributed by atoms with Crippen molar-refractivity contribution in [3.8, 4) is 11.5 Å². The number of aliphatic imine (C=N–C) groups is 1. The van der Waals surface area contributed by atoms with Crippen molar-refractivity contribution in [3.63, 3.8) is 0 Å². The number of nitrogens with one attached hydrogen (secondary N) is 1. The molecule has 0 atom stereocenters. The van der Waals surface area contributed by atoms with Gasteiger partial charge in [0.25, 0.3) is 0 Å². The molecule has 0 radical (unpaired) electrons. The molecule has 0 fully saturated rings. The van der Waals surface area contributed by atoms with Gasteiger partial charge in [0, 0.05) is 10.5 Å². The van der Waals surface area contributed by atoms with Gasteiger partial charge in [0.2, 0.25) is 0 Å². The van der Waals surface area contributed by atoms with Crippen molar-refractivity contribution in [2.45, 2.75) is 26.4 Å². The molecule has 0 saturated heterocycles. The Morgan fingerprint density at radius 1 is 1.30 bits per heavy atom. The van der Waals surface area contributed by atoms with Crippen LogP contribution in [0.25, 0.3) is 0 Å². The van der Waals surface area contributed by atoms with E-state index < -0.39 is 0 Å². The molecule has 7 heteroatoms. The van der Waals surface area contributed by atoms with Crippen LogP contribution in [0.15, 0.2) is 21.6 Å². The summed E-state index contributed by atoms with van der Waals surface area (Å²) in [5, 5.41) is 3.04. The summed E-state index contributed by atoms with van der Waals surface area (Å²) in [6.45, 7) is 4.48. The number of halogens is 2. The van der Waals surface area contributed by atoms with E-state index >= 15 is 0 Å². The Balaban J connectivity index is 0.00000361. The minimum Gasteiger partial charge on any atom is -0.493 e. The first-order chi connectivity index (χ1) is 8.97. The summed E-state index contributed by atoms with van der Waals surface area (Å²) in [5.41, 5.74) is 6.74. The van der Waals surface area contributed by atoms with Crippen LogP contribution in [0.2, 0.25) is 0 Å². The molecule has 0 bridgehead atoms. The van der Waals surface area contributed by atoms with Crippen LogP contribution in [0, 0.1) is 0 Å². The number of guanidine groups is 1. The largest absolute Gasteiger partial charge is 0.493 e. The molecule has 3 N–H and O–H groups in total. The second-order valence-electron chi connectivity index (χ2n) is 4.30. The molecule has 5 nitrogen and oxygen atoms in total. The van der Waals surface area contributed by atoms with E-state index in [4.69, 9.17) is 15.2 Å². The van der Waals surface area contributed by atoms with E-state index in [0.29, 0.717) is 24.0 Å². The zero-order valence-corrected chi connectivity index (χ0v) is 16.0. The smallest absolute Gasteiger partial charge is 0.189 e. The molecule has 1 aromatic carbocycles. The molecule has 114 valence electrons. The Kier molecular flexibility index (Phi) is 8.95. The number of rotatable bonds is 5. The maximum absolute atomic E-state index is 5.77. The number of nitrogens with zero attached hydrogens (tertiary/aromatic N) is 1. The van der Waals surface area contributed by atoms with Crippen LogP contribution in [-0.2, 0) is 6.54 Å². The fourth-order valence-electron chi connectivity index (χ4n) is 1.53. The quantitative estimate of drug-likeness (QED) is 0.405. The van der Waals surface area contributed by atoms with Gasteiger partial charge in [-0.25, -0.2) is 4.99 Å². The van der Waals surface area contributed by atoms with Crippen LogP contribution < -0.4 is 20.5 Å². The third kappa shape index (κ3) is 5.74. The van der Waals surface area contributed by atoms with E-state index in [0.717, 1.165) is 10.0 Å². The topological polar surface area (TPSA) is 68.9 Å². The van der Waals surface area contributed by atoms with Gasteiger partial charge in [-0.05, 0) is 31.5 Å². The zero-order chi connectivity index (χ0) is 14.4. The van der Waals surface area contributed by atoms with E-state index in [-0.39, 0.29) is 30.0 Å². The van der Waals surface area contributed by atoms with Crippen molar-refractivity contribution >= 4 is 45.9 Å². The summed E-state index contributed by atoms with van der Waals surface area (Å²) < 4.78 is 11.4. The predicted octanol–water partition coefficient (Wildman–Crippen LogP) is 2.90. The Bertz CT molecular complexity index is 467. The third-order valence-corrected chi connectivity index (χ3v) is 3.15. The molecule has 20 heavy (non-hydrogen) atoms. The maximum Gasteiger partial charge on any atom is 0.189 e. The Morgan fingerprint density at radius 3 is 2.35 bits per heavy atom. The summed E-state index contributed by atoms with van der Waals surface area (Å²) in [6.07, 6.45) is 0. The molecule has 1 rings (SSSR count). The third-order valence-electron chi connectivity index (χ3n) is 2.41. The van der Waals surface area contributed by atoms with Crippen LogP contribution in [0.1, 0.15) is 19.4 Å². The van der Waals surface area contributed by atoms with E-state index in [9.17, 15) is 0 Å². The van der Waals surface area contributed by atoms with Crippen LogP contribution in [-0.4, -0.2) is 26.2 Å². The molecular weight excluding hydrogens is 437 g/mol. The standard InChI is InChI=1S/C13H20BrN3O2.HI/c1-8(2)17-13(15)16-7-9-5-11(18-3)12(19-4)6-10(9)14;/h5-6,8H,7H2,1-4H3,(H3,15,16,17);1H. The number of benzene rings is 1. The van der Waals surface area contributed by atoms with Crippen molar-refractivity contribution in [2.75, 3.05) is 14.2 Å². The summed E-state index contributed by atoms with van der Waals surface area (Å²) in [5.74, 6) is 1.78. The van der Waals surface area contributed by atoms with Gasteiger partial charge in [-0.3, -0.25) is 0 Å². The normalized spacial score (nSPS) is 11.0. The highest BCUT2D eigenvalue weighted by Gasteiger charge is 2.09. The SMILES string of the molecule is COc1cc(Br)c(CN=C(N)NC(C)C)cc1OC.I. The predicted molar refractivity (Wildman–Crippen MR) is 96.3 cm³/mol. The number of methoxy groups -OCH3 is 2. The van der Waals surface area contributed by atoms with Crippen molar-refractivity contribution in [1.82, 2.24) is 5.32 Å². The molecule has 0 heterocycles. The van der Waals surface area contributed by atoms with Gasteiger partial charge in [0.1, 0.15) is 0 Å². The fourth-order valence-corrected chi connectivity index (χ4v) is 1.98. The lowest BCUT2D eigenvalue weighted by atomic mass is 10.2. The Morgan fingerprint density at radius 2 is 1.85 bits per heavy atom. The maximum atomic E-state index is 5.77. The van der Waals surface area contributed by atoms with Gasteiger partial charge in [-0.15, -0.1) is 24.0 Å². The minimum atomic E-state index is 0. The summed E-state index contributed by atoms with van der Waals surface area (Å²) in [7, 11) is 3.21. The summed E-state index contributed by atoms with van der Waals surface area (Å²) >= 11 is 3.49. The number of ether oxygens (including phenoxy) is 2. The molecule has 0 saturated carbocycles. The highest BCUT2D eigenvalue weighted by molar-refractivity contribution is 14.0. The highest BCUT2D eigenvalue weighted by atomic mass is 127. The van der Waals surface area contributed by atoms with Crippen LogP contribution in [0.4, 0.5) is 0 Å². The number of hydrogen-bond donors (Lipinski definition) is 2. The second kappa shape index (κ2) is 9.28. The molecule has 0 aliphatic heterocycles. The van der Waals surface area contributed by atoms with Crippen LogP contribution in [0.5, 0.6) is 11.5 Å². The van der Waals surface area contributed by atoms with Crippen molar-refractivity contribution in [2.24, 2.45) is 10.7 Å². The molecule has 0 aromatic heterocycles. The van der Waals surface area contributed by atoms with E-state index in [1.807, 2.05) is 26.0 Å². The molecule has 0 spiro atoms. The molecule has 1 aromatic rings. The molecule has 0 amide bonds. The van der Waals surface area contributed by atoms with E-state index in [2.05, 4.69) is 26.2 Å². The molecule has 0 aliphatic rings. The van der Waals surface area contributed by atoms with E-state index in [1.165, 1.54) is 0 Å². The first-order valence-corrected chi connectivity index (χ1v) is 6.74. The summed E-state index contributed by atoms with van der Waals surface area (Å²) in [6, 6.07) is 4.00. The monoisotopic (exact) mass is 457 g/mol. The van der Waals surface area contributed by atoms with Gasteiger partial charge in [-0.2, -0.15) is 0 Å². The molecule has 0 unspecified atom stereocenters. The molecule has 0 aliphatic carbocycles. The van der Waals surface area contributed by atoms with E-state index in [1.54, 1.807) is 14.2 Å². The van der Waals surface area contributed by atoms with Gasteiger partial charge in [0.15, 0.2) is 17.5 Å². The van der Waals surface area contributed by atoms with Crippen molar-refractivity contribution < 1.29 is 9.47 Å². The lowest BCUT2D eigenvalue weighted by Crippen LogP contribution is -2.36. The second-order valence-corrected chi connectivity index (χ2v) is 5.15. The van der Waals surface area contributed by atoms with Gasteiger partial charge in [-0.1, -0.05) is 15.9 Å². The van der Waals surface area contributed by atoms with Crippen molar-refractivity contribution in [3.05, 3.63) is 22.2 Å². The average Bonchev–Trinajstić information content (AvgIpc) is 2.36. The van der Waals surface area contributed by atoms with Gasteiger partial charge in [0.05, 0.1) is 20.8 Å². The van der Waals surface area contributed by atoms with Crippen LogP contribution >= 0.6 is 39.9 Å². The van der Waals surface area contributed by atoms with Gasteiger partial charge >= 0.3 is 0 Å². The van der Waals surface area contributed by atoms with Crippen molar-refractivity contribution in [1.29, 1.82) is 0 Å². The number of hydrogen-bond acceptors (Lipinski definition) is 3. The minimum absolute atomic E-state index is 0. The highest BCUT2D eigenvalue weighted by Crippen LogP contribution is 2.33. The fraction of sp³-hybridized carbons (Fsp3) is 0.462. The lowest BCUT2D eigenvalue weighted by molar-refractivity contribution is 0.354. The average molecular weight is 458 g/mol. The number of nitrogens with two attached hydrogens (primary N) is 1. The Labute approximate surface area is 145 Å². The first kappa shape index (κ1) is 19.3. The molecular formula is C13H21BrIN3O2. The van der Waals surface area contributed by atoms with Gasteiger partial charge < -0.3 is 20.5 Å². The lowest BCUT2D eigenvalue weighted by Gasteiger charge is -2.12. The first-order valence-electron chi connectivity index (χ1n) is 5.94. The Hall–Kier alpha value is -0.700. The summed E-state index contributed by atoms with van der Waals surface area (Å²) in [4.78, 5) is 4.28. The zero-order valence-electron chi connectivity index (χ0n) is 12.1. The van der Waals surface area contributed by atoms with Crippen LogP contribution in [0.3, 0.4) is 0 Å².